The first-order valence-corrected chi connectivity index (χ1v) is 6.26. The van der Waals surface area contributed by atoms with Gasteiger partial charge in [-0.3, -0.25) is 4.79 Å². The van der Waals surface area contributed by atoms with Gasteiger partial charge in [-0.1, -0.05) is 18.2 Å². The average Bonchev–Trinajstić information content (AvgIpc) is 2.34. The minimum absolute atomic E-state index is 0.0931. The summed E-state index contributed by atoms with van der Waals surface area (Å²) in [4.78, 5) is 13.8. The van der Waals surface area contributed by atoms with Crippen LogP contribution in [0.15, 0.2) is 24.3 Å². The van der Waals surface area contributed by atoms with E-state index >= 15 is 0 Å². The number of nitrogens with two attached hydrogens (primary N) is 1. The van der Waals surface area contributed by atoms with E-state index in [0.29, 0.717) is 5.56 Å². The minimum Gasteiger partial charge on any atom is -0.337 e. The van der Waals surface area contributed by atoms with Gasteiger partial charge in [0.1, 0.15) is 5.82 Å². The molecule has 0 heterocycles. The second kappa shape index (κ2) is 4.69. The molecule has 1 aliphatic carbocycles. The van der Waals surface area contributed by atoms with Crippen LogP contribution in [0.25, 0.3) is 0 Å². The van der Waals surface area contributed by atoms with Gasteiger partial charge in [0.15, 0.2) is 0 Å². The molecule has 1 amide bonds. The van der Waals surface area contributed by atoms with Gasteiger partial charge in [-0.15, -0.1) is 0 Å². The molecule has 0 aliphatic heterocycles. The highest BCUT2D eigenvalue weighted by atomic mass is 19.1. The van der Waals surface area contributed by atoms with E-state index in [-0.39, 0.29) is 17.8 Å². The van der Waals surface area contributed by atoms with E-state index in [1.165, 1.54) is 6.07 Å². The predicted molar refractivity (Wildman–Crippen MR) is 68.4 cm³/mol. The van der Waals surface area contributed by atoms with Crippen LogP contribution in [0.4, 0.5) is 4.39 Å². The first kappa shape index (κ1) is 13.0. The van der Waals surface area contributed by atoms with Crippen molar-refractivity contribution in [3.05, 3.63) is 35.6 Å². The second-order valence-corrected chi connectivity index (χ2v) is 5.12. The number of carbonyl (C=O) groups excluding carboxylic acids is 1. The van der Waals surface area contributed by atoms with Gasteiger partial charge >= 0.3 is 0 Å². The molecule has 1 aromatic rings. The molecule has 0 aromatic heterocycles. The van der Waals surface area contributed by atoms with Crippen LogP contribution in [0.3, 0.4) is 0 Å². The molecule has 0 saturated heterocycles. The van der Waals surface area contributed by atoms with Crippen molar-refractivity contribution in [2.45, 2.75) is 37.8 Å². The number of carbonyl (C=O) groups is 1. The third kappa shape index (κ3) is 2.12. The largest absolute Gasteiger partial charge is 0.337 e. The molecule has 18 heavy (non-hydrogen) atoms. The highest BCUT2D eigenvalue weighted by molar-refractivity contribution is 5.87. The Hall–Kier alpha value is -1.42. The summed E-state index contributed by atoms with van der Waals surface area (Å²) in [5.74, 6) is -0.381. The smallest absolute Gasteiger partial charge is 0.242 e. The Balaban J connectivity index is 2.16. The van der Waals surface area contributed by atoms with Crippen LogP contribution in [0.1, 0.15) is 37.8 Å². The number of nitrogens with zero attached hydrogens (tertiary/aromatic N) is 1. The molecule has 3 nitrogen and oxygen atoms in total. The maximum absolute atomic E-state index is 13.7. The van der Waals surface area contributed by atoms with Crippen molar-refractivity contribution in [3.63, 3.8) is 0 Å². The van der Waals surface area contributed by atoms with Gasteiger partial charge in [0.25, 0.3) is 0 Å². The van der Waals surface area contributed by atoms with Gasteiger partial charge in [0.2, 0.25) is 5.91 Å². The van der Waals surface area contributed by atoms with Crippen LogP contribution < -0.4 is 5.73 Å². The number of rotatable bonds is 3. The summed E-state index contributed by atoms with van der Waals surface area (Å²) in [5, 5.41) is 0. The van der Waals surface area contributed by atoms with Crippen molar-refractivity contribution in [1.29, 1.82) is 0 Å². The van der Waals surface area contributed by atoms with Gasteiger partial charge in [0.05, 0.1) is 11.6 Å². The van der Waals surface area contributed by atoms with E-state index < -0.39 is 5.54 Å². The summed E-state index contributed by atoms with van der Waals surface area (Å²) in [7, 11) is 1.69. The van der Waals surface area contributed by atoms with Crippen molar-refractivity contribution in [3.8, 4) is 0 Å². The van der Waals surface area contributed by atoms with E-state index in [4.69, 9.17) is 5.73 Å². The number of amides is 1. The zero-order valence-electron chi connectivity index (χ0n) is 10.8. The molecular weight excluding hydrogens is 231 g/mol. The molecule has 1 unspecified atom stereocenters. The first-order valence-electron chi connectivity index (χ1n) is 6.26. The zero-order chi connectivity index (χ0) is 13.3. The molecule has 98 valence electrons. The standard InChI is InChI=1S/C14H19FN2O/c1-10(11-6-3-4-7-12(11)15)17(2)13(18)14(16)8-5-9-14/h3-4,6-7,10H,5,8-9,16H2,1-2H3. The summed E-state index contributed by atoms with van der Waals surface area (Å²) >= 11 is 0. The quantitative estimate of drug-likeness (QED) is 0.894. The Morgan fingerprint density at radius 3 is 2.56 bits per heavy atom. The molecule has 1 saturated carbocycles. The number of hydrogen-bond acceptors (Lipinski definition) is 2. The first-order chi connectivity index (χ1) is 8.46. The fraction of sp³-hybridized carbons (Fsp3) is 0.500. The van der Waals surface area contributed by atoms with Crippen LogP contribution in [0.5, 0.6) is 0 Å². The number of likely N-dealkylation sites (N-methyl/N-ethyl adjacent to an activating group) is 1. The van der Waals surface area contributed by atoms with Crippen molar-refractivity contribution >= 4 is 5.91 Å². The summed E-state index contributed by atoms with van der Waals surface area (Å²) in [6.07, 6.45) is 2.44. The molecular formula is C14H19FN2O. The maximum atomic E-state index is 13.7. The van der Waals surface area contributed by atoms with Gasteiger partial charge in [-0.05, 0) is 32.3 Å². The van der Waals surface area contributed by atoms with E-state index in [1.807, 2.05) is 6.92 Å². The normalized spacial score (nSPS) is 18.9. The molecule has 0 spiro atoms. The van der Waals surface area contributed by atoms with Crippen molar-refractivity contribution in [2.75, 3.05) is 7.05 Å². The van der Waals surface area contributed by atoms with Crippen molar-refractivity contribution in [1.82, 2.24) is 4.90 Å². The predicted octanol–water partition coefficient (Wildman–Crippen LogP) is 2.23. The summed E-state index contributed by atoms with van der Waals surface area (Å²) in [6.45, 7) is 1.82. The molecule has 2 rings (SSSR count). The fourth-order valence-corrected chi connectivity index (χ4v) is 2.32. The van der Waals surface area contributed by atoms with Crippen LogP contribution in [-0.4, -0.2) is 23.4 Å². The Kier molecular flexibility index (Phi) is 3.39. The van der Waals surface area contributed by atoms with Crippen LogP contribution in [0.2, 0.25) is 0 Å². The molecule has 1 aliphatic rings. The zero-order valence-corrected chi connectivity index (χ0v) is 10.8. The lowest BCUT2D eigenvalue weighted by Crippen LogP contribution is -2.59. The third-order valence-electron chi connectivity index (χ3n) is 3.93. The van der Waals surface area contributed by atoms with Crippen LogP contribution in [-0.2, 0) is 4.79 Å². The van der Waals surface area contributed by atoms with Gasteiger partial charge in [-0.25, -0.2) is 4.39 Å². The molecule has 4 heteroatoms. The summed E-state index contributed by atoms with van der Waals surface area (Å²) in [6, 6.07) is 6.22. The second-order valence-electron chi connectivity index (χ2n) is 5.12. The fourth-order valence-electron chi connectivity index (χ4n) is 2.32. The van der Waals surface area contributed by atoms with E-state index in [1.54, 1.807) is 30.1 Å². The van der Waals surface area contributed by atoms with Gasteiger partial charge < -0.3 is 10.6 Å². The lowest BCUT2D eigenvalue weighted by atomic mass is 9.76. The van der Waals surface area contributed by atoms with Crippen LogP contribution >= 0.6 is 0 Å². The SMILES string of the molecule is CC(c1ccccc1F)N(C)C(=O)C1(N)CCC1. The molecule has 1 fully saturated rings. The highest BCUT2D eigenvalue weighted by Gasteiger charge is 2.42. The number of benzene rings is 1. The minimum atomic E-state index is -0.728. The molecule has 1 aromatic carbocycles. The van der Waals surface area contributed by atoms with E-state index in [2.05, 4.69) is 0 Å². The van der Waals surface area contributed by atoms with Gasteiger partial charge in [0, 0.05) is 12.6 Å². The average molecular weight is 250 g/mol. The van der Waals surface area contributed by atoms with Crippen molar-refractivity contribution in [2.24, 2.45) is 5.73 Å². The summed E-state index contributed by atoms with van der Waals surface area (Å²) in [5.41, 5.74) is 5.81. The Morgan fingerprint density at radius 1 is 1.44 bits per heavy atom. The third-order valence-corrected chi connectivity index (χ3v) is 3.93. The van der Waals surface area contributed by atoms with Crippen molar-refractivity contribution < 1.29 is 9.18 Å². The number of halogens is 1. The molecule has 0 radical (unpaired) electrons. The van der Waals surface area contributed by atoms with Gasteiger partial charge in [-0.2, -0.15) is 0 Å². The molecule has 0 bridgehead atoms. The van der Waals surface area contributed by atoms with Crippen LogP contribution in [0, 0.1) is 5.82 Å². The summed E-state index contributed by atoms with van der Waals surface area (Å²) < 4.78 is 13.7. The molecule has 1 atom stereocenters. The Bertz CT molecular complexity index is 457. The van der Waals surface area contributed by atoms with E-state index in [0.717, 1.165) is 19.3 Å². The monoisotopic (exact) mass is 250 g/mol. The lowest BCUT2D eigenvalue weighted by Gasteiger charge is -2.41. The maximum Gasteiger partial charge on any atom is 0.242 e. The number of hydrogen-bond donors (Lipinski definition) is 1. The van der Waals surface area contributed by atoms with E-state index in [9.17, 15) is 9.18 Å². The molecule has 2 N–H and O–H groups in total. The lowest BCUT2D eigenvalue weighted by molar-refractivity contribution is -0.140. The highest BCUT2D eigenvalue weighted by Crippen LogP contribution is 2.33. The Morgan fingerprint density at radius 2 is 2.06 bits per heavy atom. The topological polar surface area (TPSA) is 46.3 Å². The Labute approximate surface area is 107 Å².